The maximum atomic E-state index is 13.6. The Balaban J connectivity index is 1.59. The van der Waals surface area contributed by atoms with E-state index < -0.39 is 0 Å². The fourth-order valence-electron chi connectivity index (χ4n) is 4.35. The van der Waals surface area contributed by atoms with Crippen molar-refractivity contribution < 1.29 is 13.9 Å². The summed E-state index contributed by atoms with van der Waals surface area (Å²) in [5, 5.41) is 0.423. The van der Waals surface area contributed by atoms with E-state index in [4.69, 9.17) is 9.15 Å². The number of benzene rings is 3. The van der Waals surface area contributed by atoms with Gasteiger partial charge in [-0.3, -0.25) is 9.59 Å². The van der Waals surface area contributed by atoms with Gasteiger partial charge < -0.3 is 14.1 Å². The molecule has 3 aromatic carbocycles. The second kappa shape index (κ2) is 8.00. The molecule has 0 saturated heterocycles. The van der Waals surface area contributed by atoms with Gasteiger partial charge in [-0.05, 0) is 48.7 Å². The lowest BCUT2D eigenvalue weighted by Crippen LogP contribution is -2.36. The number of hydrogen-bond acceptors (Lipinski definition) is 4. The molecule has 0 saturated carbocycles. The first-order valence-corrected chi connectivity index (χ1v) is 10.6. The first kappa shape index (κ1) is 20.1. The highest BCUT2D eigenvalue weighted by atomic mass is 16.5. The lowest BCUT2D eigenvalue weighted by Gasteiger charge is -2.29. The van der Waals surface area contributed by atoms with Crippen molar-refractivity contribution in [3.05, 3.63) is 99.2 Å². The maximum absolute atomic E-state index is 13.6. The number of rotatable bonds is 3. The van der Waals surface area contributed by atoms with Crippen molar-refractivity contribution in [3.8, 4) is 17.1 Å². The predicted octanol–water partition coefficient (Wildman–Crippen LogP) is 4.98. The fraction of sp³-hybridized carbons (Fsp3) is 0.185. The largest absolute Gasteiger partial charge is 0.497 e. The molecule has 0 bridgehead atoms. The Bertz CT molecular complexity index is 1390. The topological polar surface area (TPSA) is 59.8 Å². The third-order valence-electron chi connectivity index (χ3n) is 6.12. The fourth-order valence-corrected chi connectivity index (χ4v) is 4.35. The van der Waals surface area contributed by atoms with Crippen LogP contribution in [0, 0.1) is 6.92 Å². The third kappa shape index (κ3) is 3.36. The highest BCUT2D eigenvalue weighted by Gasteiger charge is 2.25. The molecule has 160 valence electrons. The molecule has 0 spiro atoms. The average molecular weight is 425 g/mol. The molecule has 0 radical (unpaired) electrons. The Morgan fingerprint density at radius 1 is 1.00 bits per heavy atom. The van der Waals surface area contributed by atoms with Gasteiger partial charge in [-0.25, -0.2) is 0 Å². The van der Waals surface area contributed by atoms with E-state index in [2.05, 4.69) is 6.07 Å². The number of para-hydroxylation sites is 1. The number of amides is 1. The Labute approximate surface area is 185 Å². The molecule has 5 nitrogen and oxygen atoms in total. The summed E-state index contributed by atoms with van der Waals surface area (Å²) in [5.74, 6) is 1.13. The van der Waals surface area contributed by atoms with Gasteiger partial charge in [0.2, 0.25) is 0 Å². The standard InChI is InChI=1S/C27H23NO4/c1-17-24(29)22-9-6-10-23(26(22)32-25(17)19-7-4-3-5-8-19)27(30)28-14-13-18-11-12-21(31-2)15-20(18)16-28/h3-12,15H,13-14,16H2,1-2H3. The van der Waals surface area contributed by atoms with E-state index in [9.17, 15) is 9.59 Å². The van der Waals surface area contributed by atoms with Gasteiger partial charge in [-0.15, -0.1) is 0 Å². The number of methoxy groups -OCH3 is 1. The zero-order valence-electron chi connectivity index (χ0n) is 18.1. The quantitative estimate of drug-likeness (QED) is 0.465. The molecule has 1 amide bonds. The number of carbonyl (C=O) groups is 1. The smallest absolute Gasteiger partial charge is 0.257 e. The SMILES string of the molecule is COc1ccc2c(c1)CN(C(=O)c1cccc3c(=O)c(C)c(-c4ccccc4)oc13)CC2. The van der Waals surface area contributed by atoms with Gasteiger partial charge in [0.1, 0.15) is 11.5 Å². The molecule has 4 aromatic rings. The van der Waals surface area contributed by atoms with Gasteiger partial charge in [-0.2, -0.15) is 0 Å². The van der Waals surface area contributed by atoms with Crippen molar-refractivity contribution in [2.24, 2.45) is 0 Å². The minimum Gasteiger partial charge on any atom is -0.497 e. The Kier molecular flexibility index (Phi) is 5.02. The lowest BCUT2D eigenvalue weighted by molar-refractivity contribution is 0.0735. The van der Waals surface area contributed by atoms with Crippen LogP contribution in [0.15, 0.2) is 75.9 Å². The van der Waals surface area contributed by atoms with E-state index in [1.54, 1.807) is 37.1 Å². The molecular weight excluding hydrogens is 402 g/mol. The normalized spacial score (nSPS) is 13.1. The van der Waals surface area contributed by atoms with Crippen LogP contribution < -0.4 is 10.2 Å². The van der Waals surface area contributed by atoms with Gasteiger partial charge in [0.15, 0.2) is 11.0 Å². The maximum Gasteiger partial charge on any atom is 0.257 e. The van der Waals surface area contributed by atoms with Crippen LogP contribution >= 0.6 is 0 Å². The summed E-state index contributed by atoms with van der Waals surface area (Å²) in [7, 11) is 1.64. The number of hydrogen-bond donors (Lipinski definition) is 0. The van der Waals surface area contributed by atoms with Crippen molar-refractivity contribution in [2.45, 2.75) is 19.9 Å². The number of nitrogens with zero attached hydrogens (tertiary/aromatic N) is 1. The Morgan fingerprint density at radius 3 is 2.59 bits per heavy atom. The first-order valence-electron chi connectivity index (χ1n) is 10.6. The van der Waals surface area contributed by atoms with Crippen molar-refractivity contribution in [1.82, 2.24) is 4.90 Å². The first-order chi connectivity index (χ1) is 15.6. The van der Waals surface area contributed by atoms with Gasteiger partial charge >= 0.3 is 0 Å². The van der Waals surface area contributed by atoms with Crippen LogP contribution in [0.3, 0.4) is 0 Å². The molecule has 0 fully saturated rings. The highest BCUT2D eigenvalue weighted by Crippen LogP contribution is 2.29. The summed E-state index contributed by atoms with van der Waals surface area (Å²) < 4.78 is 11.6. The van der Waals surface area contributed by atoms with Crippen molar-refractivity contribution in [1.29, 1.82) is 0 Å². The van der Waals surface area contributed by atoms with Gasteiger partial charge in [-0.1, -0.05) is 42.5 Å². The van der Waals surface area contributed by atoms with Crippen LogP contribution in [0.2, 0.25) is 0 Å². The summed E-state index contributed by atoms with van der Waals surface area (Å²) in [6, 6.07) is 20.7. The van der Waals surface area contributed by atoms with Gasteiger partial charge in [0, 0.05) is 24.2 Å². The second-order valence-corrected chi connectivity index (χ2v) is 8.04. The molecule has 32 heavy (non-hydrogen) atoms. The summed E-state index contributed by atoms with van der Waals surface area (Å²) in [5.41, 5.74) is 4.27. The number of carbonyl (C=O) groups excluding carboxylic acids is 1. The van der Waals surface area contributed by atoms with E-state index in [1.807, 2.05) is 42.5 Å². The Morgan fingerprint density at radius 2 is 1.81 bits per heavy atom. The van der Waals surface area contributed by atoms with Crippen LogP contribution in [0.5, 0.6) is 5.75 Å². The van der Waals surface area contributed by atoms with Gasteiger partial charge in [0.25, 0.3) is 5.91 Å². The van der Waals surface area contributed by atoms with E-state index in [-0.39, 0.29) is 11.3 Å². The van der Waals surface area contributed by atoms with Crippen LogP contribution in [0.1, 0.15) is 27.0 Å². The highest BCUT2D eigenvalue weighted by molar-refractivity contribution is 6.05. The molecule has 1 aromatic heterocycles. The zero-order chi connectivity index (χ0) is 22.2. The summed E-state index contributed by atoms with van der Waals surface area (Å²) >= 11 is 0. The van der Waals surface area contributed by atoms with E-state index in [0.717, 1.165) is 23.3 Å². The minimum atomic E-state index is -0.143. The molecule has 1 aliphatic heterocycles. The monoisotopic (exact) mass is 425 g/mol. The second-order valence-electron chi connectivity index (χ2n) is 8.04. The average Bonchev–Trinajstić information content (AvgIpc) is 2.85. The van der Waals surface area contributed by atoms with Crippen LogP contribution in [-0.4, -0.2) is 24.5 Å². The summed E-state index contributed by atoms with van der Waals surface area (Å²) in [4.78, 5) is 28.5. The summed E-state index contributed by atoms with van der Waals surface area (Å²) in [6.07, 6.45) is 0.772. The summed E-state index contributed by atoms with van der Waals surface area (Å²) in [6.45, 7) is 2.86. The minimum absolute atomic E-state index is 0.117. The molecule has 0 atom stereocenters. The van der Waals surface area contributed by atoms with Crippen molar-refractivity contribution in [3.63, 3.8) is 0 Å². The molecule has 2 heterocycles. The molecule has 0 unspecified atom stereocenters. The van der Waals surface area contributed by atoms with Crippen LogP contribution in [0.4, 0.5) is 0 Å². The lowest BCUT2D eigenvalue weighted by atomic mass is 9.98. The number of fused-ring (bicyclic) bond motifs is 2. The molecule has 0 aliphatic carbocycles. The molecule has 5 heteroatoms. The van der Waals surface area contributed by atoms with E-state index in [0.29, 0.717) is 40.9 Å². The van der Waals surface area contributed by atoms with E-state index in [1.165, 1.54) is 5.56 Å². The molecule has 0 N–H and O–H groups in total. The van der Waals surface area contributed by atoms with Crippen molar-refractivity contribution >= 4 is 16.9 Å². The van der Waals surface area contributed by atoms with Crippen LogP contribution in [0.25, 0.3) is 22.3 Å². The van der Waals surface area contributed by atoms with E-state index >= 15 is 0 Å². The third-order valence-corrected chi connectivity index (χ3v) is 6.12. The number of ether oxygens (including phenoxy) is 1. The van der Waals surface area contributed by atoms with Gasteiger partial charge in [0.05, 0.1) is 18.1 Å². The Hall–Kier alpha value is -3.86. The molecule has 5 rings (SSSR count). The van der Waals surface area contributed by atoms with Crippen LogP contribution in [-0.2, 0) is 13.0 Å². The zero-order valence-corrected chi connectivity index (χ0v) is 18.1. The molecular formula is C27H23NO4. The predicted molar refractivity (Wildman–Crippen MR) is 124 cm³/mol. The van der Waals surface area contributed by atoms with Crippen molar-refractivity contribution in [2.75, 3.05) is 13.7 Å². The molecule has 1 aliphatic rings.